The van der Waals surface area contributed by atoms with Gasteiger partial charge in [-0.1, -0.05) is 49.7 Å². The van der Waals surface area contributed by atoms with Gasteiger partial charge in [0, 0.05) is 11.8 Å². The van der Waals surface area contributed by atoms with Gasteiger partial charge in [0.25, 0.3) is 11.7 Å². The fourth-order valence-electron chi connectivity index (χ4n) is 4.14. The average Bonchev–Trinajstić information content (AvgIpc) is 3.63. The monoisotopic (exact) mass is 553 g/mol. The normalized spacial score (nSPS) is 14.5. The van der Waals surface area contributed by atoms with Crippen molar-refractivity contribution in [3.8, 4) is 16.9 Å². The SMILES string of the molecule is CC.Clc1cc(CCCN2CCCC2)ccc1OC1CC1.NC(=O)C(=O)c1ccc(-c2ccc(F)cc2)cn1. The van der Waals surface area contributed by atoms with Gasteiger partial charge in [-0.05, 0) is 99.6 Å². The molecule has 39 heavy (non-hydrogen) atoms. The fraction of sp³-hybridized carbons (Fsp3) is 0.387. The first kappa shape index (κ1) is 30.3. The van der Waals surface area contributed by atoms with Crippen LogP contribution in [0.2, 0.25) is 5.02 Å². The number of carbonyl (C=O) groups is 2. The van der Waals surface area contributed by atoms with E-state index in [2.05, 4.69) is 22.0 Å². The number of ketones is 1. The number of nitrogens with zero attached hydrogens (tertiary/aromatic N) is 2. The lowest BCUT2D eigenvalue weighted by atomic mass is 10.1. The first-order valence-corrected chi connectivity index (χ1v) is 14.0. The Kier molecular flexibility index (Phi) is 11.9. The third-order valence-corrected chi connectivity index (χ3v) is 6.65. The Labute approximate surface area is 235 Å². The smallest absolute Gasteiger partial charge is 0.291 e. The van der Waals surface area contributed by atoms with E-state index in [-0.39, 0.29) is 11.5 Å². The maximum absolute atomic E-state index is 12.7. The van der Waals surface area contributed by atoms with Crippen LogP contribution in [0.3, 0.4) is 0 Å². The minimum Gasteiger partial charge on any atom is -0.489 e. The van der Waals surface area contributed by atoms with Gasteiger partial charge >= 0.3 is 0 Å². The van der Waals surface area contributed by atoms with Crippen molar-refractivity contribution in [3.05, 3.63) is 82.9 Å². The number of benzene rings is 2. The van der Waals surface area contributed by atoms with Crippen LogP contribution >= 0.6 is 11.6 Å². The molecule has 1 saturated carbocycles. The van der Waals surface area contributed by atoms with Crippen molar-refractivity contribution in [1.29, 1.82) is 0 Å². The molecule has 8 heteroatoms. The lowest BCUT2D eigenvalue weighted by Crippen LogP contribution is -2.23. The highest BCUT2D eigenvalue weighted by Gasteiger charge is 2.24. The molecule has 5 rings (SSSR count). The molecule has 1 aromatic heterocycles. The molecule has 2 N–H and O–H groups in total. The maximum Gasteiger partial charge on any atom is 0.291 e. The predicted octanol–water partition coefficient (Wildman–Crippen LogP) is 6.49. The summed E-state index contributed by atoms with van der Waals surface area (Å²) < 4.78 is 18.5. The second-order valence-electron chi connectivity index (χ2n) is 9.37. The van der Waals surface area contributed by atoms with Crippen molar-refractivity contribution >= 4 is 23.3 Å². The molecule has 208 valence electrons. The number of aryl methyl sites for hydroxylation is 1. The summed E-state index contributed by atoms with van der Waals surface area (Å²) in [5.41, 5.74) is 7.67. The number of hydrogen-bond donors (Lipinski definition) is 1. The quantitative estimate of drug-likeness (QED) is 0.242. The van der Waals surface area contributed by atoms with E-state index in [1.54, 1.807) is 18.2 Å². The number of likely N-dealkylation sites (tertiary alicyclic amines) is 1. The number of aromatic nitrogens is 1. The third-order valence-electron chi connectivity index (χ3n) is 6.35. The Morgan fingerprint density at radius 3 is 2.26 bits per heavy atom. The minimum absolute atomic E-state index is 0.00615. The fourth-order valence-corrected chi connectivity index (χ4v) is 4.39. The number of hydrogen-bond acceptors (Lipinski definition) is 5. The van der Waals surface area contributed by atoms with E-state index in [1.807, 2.05) is 19.9 Å². The van der Waals surface area contributed by atoms with Gasteiger partial charge in [-0.25, -0.2) is 4.39 Å². The molecule has 2 heterocycles. The molecular weight excluding hydrogens is 517 g/mol. The van der Waals surface area contributed by atoms with E-state index in [9.17, 15) is 14.0 Å². The predicted molar refractivity (Wildman–Crippen MR) is 154 cm³/mol. The molecule has 1 saturated heterocycles. The molecule has 0 unspecified atom stereocenters. The van der Waals surface area contributed by atoms with Crippen molar-refractivity contribution in [1.82, 2.24) is 9.88 Å². The molecule has 0 spiro atoms. The van der Waals surface area contributed by atoms with E-state index in [1.165, 1.54) is 81.7 Å². The van der Waals surface area contributed by atoms with Crippen molar-refractivity contribution in [3.63, 3.8) is 0 Å². The summed E-state index contributed by atoms with van der Waals surface area (Å²) >= 11 is 6.27. The number of rotatable bonds is 9. The summed E-state index contributed by atoms with van der Waals surface area (Å²) in [6.45, 7) is 7.79. The van der Waals surface area contributed by atoms with E-state index in [0.29, 0.717) is 6.10 Å². The highest BCUT2D eigenvalue weighted by atomic mass is 35.5. The van der Waals surface area contributed by atoms with Crippen molar-refractivity contribution in [2.24, 2.45) is 5.73 Å². The van der Waals surface area contributed by atoms with Crippen molar-refractivity contribution in [2.45, 2.75) is 58.5 Å². The van der Waals surface area contributed by atoms with Crippen molar-refractivity contribution < 1.29 is 18.7 Å². The summed E-state index contributed by atoms with van der Waals surface area (Å²) in [4.78, 5) is 28.3. The number of carbonyl (C=O) groups excluding carboxylic acids is 2. The van der Waals surface area contributed by atoms with E-state index < -0.39 is 11.7 Å². The molecular formula is C31H37ClFN3O3. The molecule has 0 bridgehead atoms. The number of primary amides is 1. The van der Waals surface area contributed by atoms with Gasteiger partial charge in [0.15, 0.2) is 0 Å². The number of nitrogens with two attached hydrogens (primary N) is 1. The lowest BCUT2D eigenvalue weighted by molar-refractivity contribution is -0.114. The van der Waals surface area contributed by atoms with Crippen LogP contribution in [0.25, 0.3) is 11.1 Å². The topological polar surface area (TPSA) is 85.5 Å². The zero-order valence-electron chi connectivity index (χ0n) is 22.7. The van der Waals surface area contributed by atoms with Gasteiger partial charge in [-0.15, -0.1) is 0 Å². The van der Waals surface area contributed by atoms with Crippen LogP contribution in [-0.2, 0) is 11.2 Å². The van der Waals surface area contributed by atoms with Crippen LogP contribution < -0.4 is 10.5 Å². The number of halogens is 2. The van der Waals surface area contributed by atoms with E-state index >= 15 is 0 Å². The number of pyridine rings is 1. The Morgan fingerprint density at radius 1 is 1.03 bits per heavy atom. The average molecular weight is 554 g/mol. The van der Waals surface area contributed by atoms with E-state index in [0.717, 1.165) is 28.3 Å². The highest BCUT2D eigenvalue weighted by molar-refractivity contribution is 6.41. The molecule has 2 aromatic carbocycles. The van der Waals surface area contributed by atoms with Crippen LogP contribution in [-0.4, -0.2) is 47.3 Å². The first-order chi connectivity index (χ1) is 18.9. The second kappa shape index (κ2) is 15.3. The summed E-state index contributed by atoms with van der Waals surface area (Å²) in [5, 5.41) is 0.769. The van der Waals surface area contributed by atoms with Crippen LogP contribution in [0.15, 0.2) is 60.8 Å². The highest BCUT2D eigenvalue weighted by Crippen LogP contribution is 2.32. The van der Waals surface area contributed by atoms with Gasteiger partial charge in [0.1, 0.15) is 17.3 Å². The zero-order valence-corrected chi connectivity index (χ0v) is 23.4. The van der Waals surface area contributed by atoms with Crippen molar-refractivity contribution in [2.75, 3.05) is 19.6 Å². The standard InChI is InChI=1S/C16H22ClNO.C13H9FN2O2.C2H6/c17-15-12-13(4-3-11-18-9-1-2-10-18)5-8-16(15)19-14-6-7-14;14-10-4-1-8(2-5-10)9-3-6-11(16-7-9)12(17)13(15)18;1-2/h5,8,12,14H,1-4,6-7,9-11H2;1-7H,(H2,15,18);1-2H3. The van der Waals surface area contributed by atoms with Crippen LogP contribution in [0.5, 0.6) is 5.75 Å². The number of Topliss-reactive ketones (excluding diaryl/α,β-unsaturated/α-hetero) is 1. The van der Waals surface area contributed by atoms with Crippen LogP contribution in [0.4, 0.5) is 4.39 Å². The number of ether oxygens (including phenoxy) is 1. The van der Waals surface area contributed by atoms with Gasteiger partial charge in [0.05, 0.1) is 11.1 Å². The van der Waals surface area contributed by atoms with Gasteiger partial charge in [0.2, 0.25) is 0 Å². The molecule has 1 aliphatic carbocycles. The number of amides is 1. The Morgan fingerprint density at radius 2 is 1.69 bits per heavy atom. The summed E-state index contributed by atoms with van der Waals surface area (Å²) in [6.07, 6.45) is 9.28. The molecule has 1 amide bonds. The Bertz CT molecular complexity index is 1210. The Balaban J connectivity index is 0.000000203. The molecule has 2 fully saturated rings. The molecule has 6 nitrogen and oxygen atoms in total. The minimum atomic E-state index is -1.04. The summed E-state index contributed by atoms with van der Waals surface area (Å²) in [5.74, 6) is -1.35. The van der Waals surface area contributed by atoms with Gasteiger partial charge in [-0.3, -0.25) is 14.6 Å². The first-order valence-electron chi connectivity index (χ1n) is 13.6. The second-order valence-corrected chi connectivity index (χ2v) is 9.77. The largest absolute Gasteiger partial charge is 0.489 e. The maximum atomic E-state index is 12.7. The molecule has 3 aromatic rings. The van der Waals surface area contributed by atoms with E-state index in [4.69, 9.17) is 22.1 Å². The van der Waals surface area contributed by atoms with Gasteiger partial charge < -0.3 is 15.4 Å². The molecule has 2 aliphatic rings. The van der Waals surface area contributed by atoms with Crippen LogP contribution in [0.1, 0.15) is 62.0 Å². The molecule has 1 aliphatic heterocycles. The lowest BCUT2D eigenvalue weighted by Gasteiger charge is -2.14. The van der Waals surface area contributed by atoms with Crippen LogP contribution in [0, 0.1) is 5.82 Å². The zero-order chi connectivity index (χ0) is 28.2. The summed E-state index contributed by atoms with van der Waals surface area (Å²) in [7, 11) is 0. The van der Waals surface area contributed by atoms with Gasteiger partial charge in [-0.2, -0.15) is 0 Å². The third kappa shape index (κ3) is 9.75. The Hall–Kier alpha value is -3.29. The summed E-state index contributed by atoms with van der Waals surface area (Å²) in [6, 6.07) is 15.2. The molecule has 0 atom stereocenters. The molecule has 0 radical (unpaired) electrons.